The zero-order valence-electron chi connectivity index (χ0n) is 39.3. The maximum absolute atomic E-state index is 12.2. The first-order chi connectivity index (χ1) is 30.0. The summed E-state index contributed by atoms with van der Waals surface area (Å²) < 4.78 is 87.1. The zero-order chi connectivity index (χ0) is 46.9. The van der Waals surface area contributed by atoms with Gasteiger partial charge in [-0.15, -0.1) is 0 Å². The van der Waals surface area contributed by atoms with Gasteiger partial charge in [0.1, 0.15) is 6.54 Å². The van der Waals surface area contributed by atoms with Crippen molar-refractivity contribution in [3.05, 3.63) is 107 Å². The van der Waals surface area contributed by atoms with Gasteiger partial charge in [0, 0.05) is 66.8 Å². The molecule has 0 unspecified atom stereocenters. The van der Waals surface area contributed by atoms with Crippen molar-refractivity contribution >= 4 is 37.3 Å². The smallest absolute Gasteiger partial charge is 0.294 e. The van der Waals surface area contributed by atoms with Crippen LogP contribution in [0.2, 0.25) is 0 Å². The minimum Gasteiger partial charge on any atom is -0.387 e. The SMILES string of the molecule is C=C(CCCCC[N+]1=C(/C=C/C2=CC(=C/C=C3/N(C)c4ccc(S(=O)(=O)O)cc4C3(C)C)/CCC2)C(C)(C)c2cc(S(=O)(=O)O)ccc21)NCCOCCOCCOCCC(C)(C)C. The predicted molar refractivity (Wildman–Crippen MR) is 256 cm³/mol. The van der Waals surface area contributed by atoms with Crippen LogP contribution in [0.4, 0.5) is 11.4 Å². The van der Waals surface area contributed by atoms with Crippen LogP contribution in [0.5, 0.6) is 0 Å². The molecule has 12 nitrogen and oxygen atoms in total. The van der Waals surface area contributed by atoms with Gasteiger partial charge < -0.3 is 24.4 Å². The Morgan fingerprint density at radius 2 is 1.44 bits per heavy atom. The average Bonchev–Trinajstić information content (AvgIpc) is 3.54. The summed E-state index contributed by atoms with van der Waals surface area (Å²) >= 11 is 0. The van der Waals surface area contributed by atoms with E-state index in [2.05, 4.69) is 100 Å². The molecule has 3 aliphatic rings. The number of hydrogen-bond acceptors (Lipinski definition) is 9. The van der Waals surface area contributed by atoms with Crippen LogP contribution < -0.4 is 10.2 Å². The van der Waals surface area contributed by atoms with Crippen molar-refractivity contribution in [2.45, 2.75) is 120 Å². The first-order valence-corrected chi connectivity index (χ1v) is 25.5. The van der Waals surface area contributed by atoms with Crippen LogP contribution in [0.1, 0.15) is 111 Å². The minimum atomic E-state index is -4.38. The third-order valence-corrected chi connectivity index (χ3v) is 14.1. The molecule has 2 heterocycles. The second kappa shape index (κ2) is 21.6. The van der Waals surface area contributed by atoms with Crippen LogP contribution >= 0.6 is 0 Å². The number of allylic oxidation sites excluding steroid dienone is 9. The molecular formula is C50H72N3O9S2+. The lowest BCUT2D eigenvalue weighted by atomic mass is 9.81. The quantitative estimate of drug-likeness (QED) is 0.0555. The number of unbranched alkanes of at least 4 members (excludes halogenated alkanes) is 2. The maximum atomic E-state index is 12.2. The number of fused-ring (bicyclic) bond motifs is 2. The number of benzene rings is 2. The van der Waals surface area contributed by atoms with Crippen LogP contribution in [0.25, 0.3) is 0 Å². The zero-order valence-corrected chi connectivity index (χ0v) is 41.0. The molecule has 0 aromatic heterocycles. The van der Waals surface area contributed by atoms with Gasteiger partial charge >= 0.3 is 0 Å². The van der Waals surface area contributed by atoms with Crippen molar-refractivity contribution < 1.29 is 44.7 Å². The number of anilines is 1. The number of nitrogens with one attached hydrogen (secondary N) is 1. The maximum Gasteiger partial charge on any atom is 0.294 e. The van der Waals surface area contributed by atoms with Gasteiger partial charge in [-0.2, -0.15) is 21.4 Å². The predicted octanol–water partition coefficient (Wildman–Crippen LogP) is 9.61. The fraction of sp³-hybridized carbons (Fsp3) is 0.540. The summed E-state index contributed by atoms with van der Waals surface area (Å²) in [5, 5.41) is 3.37. The lowest BCUT2D eigenvalue weighted by molar-refractivity contribution is -0.438. The molecule has 64 heavy (non-hydrogen) atoms. The summed E-state index contributed by atoms with van der Waals surface area (Å²) in [5.74, 6) is 0. The molecule has 0 atom stereocenters. The Balaban J connectivity index is 1.18. The summed E-state index contributed by atoms with van der Waals surface area (Å²) in [6.45, 7) is 24.1. The van der Waals surface area contributed by atoms with Crippen molar-refractivity contribution in [2.24, 2.45) is 5.41 Å². The summed E-state index contributed by atoms with van der Waals surface area (Å²) in [7, 11) is -6.74. The molecule has 2 aromatic carbocycles. The second-order valence-corrected chi connectivity index (χ2v) is 22.2. The second-order valence-electron chi connectivity index (χ2n) is 19.3. The van der Waals surface area contributed by atoms with Gasteiger partial charge in [0.05, 0.1) is 48.2 Å². The Morgan fingerprint density at radius 3 is 2.09 bits per heavy atom. The number of nitrogens with zero attached hydrogens (tertiary/aromatic N) is 2. The van der Waals surface area contributed by atoms with E-state index >= 15 is 0 Å². The molecule has 352 valence electrons. The van der Waals surface area contributed by atoms with E-state index in [0.717, 1.165) is 104 Å². The highest BCUT2D eigenvalue weighted by atomic mass is 32.2. The van der Waals surface area contributed by atoms with Crippen molar-refractivity contribution in [1.82, 2.24) is 5.32 Å². The third kappa shape index (κ3) is 13.6. The van der Waals surface area contributed by atoms with E-state index in [9.17, 15) is 25.9 Å². The van der Waals surface area contributed by atoms with E-state index in [-0.39, 0.29) is 15.2 Å². The van der Waals surface area contributed by atoms with Crippen LogP contribution in [-0.4, -0.2) is 96.0 Å². The Morgan fingerprint density at radius 1 is 0.812 bits per heavy atom. The normalized spacial score (nSPS) is 18.6. The molecule has 2 aromatic rings. The van der Waals surface area contributed by atoms with Gasteiger partial charge in [-0.1, -0.05) is 59.4 Å². The molecule has 1 aliphatic carbocycles. The van der Waals surface area contributed by atoms with Gasteiger partial charge in [-0.25, -0.2) is 0 Å². The number of rotatable bonds is 23. The minimum absolute atomic E-state index is 0.112. The molecular weight excluding hydrogens is 851 g/mol. The van der Waals surface area contributed by atoms with E-state index in [1.54, 1.807) is 18.2 Å². The van der Waals surface area contributed by atoms with Crippen molar-refractivity contribution in [2.75, 3.05) is 64.7 Å². The van der Waals surface area contributed by atoms with Crippen LogP contribution in [0, 0.1) is 5.41 Å². The van der Waals surface area contributed by atoms with E-state index in [4.69, 9.17) is 14.2 Å². The molecule has 0 radical (unpaired) electrons. The van der Waals surface area contributed by atoms with Gasteiger partial charge in [-0.3, -0.25) is 9.11 Å². The molecule has 0 saturated heterocycles. The lowest BCUT2D eigenvalue weighted by Gasteiger charge is -2.24. The van der Waals surface area contributed by atoms with E-state index < -0.39 is 31.1 Å². The Bertz CT molecular complexity index is 2380. The Hall–Kier alpha value is -3.89. The molecule has 0 bridgehead atoms. The van der Waals surface area contributed by atoms with E-state index in [1.165, 1.54) is 23.3 Å². The fourth-order valence-corrected chi connectivity index (χ4v) is 9.65. The molecule has 2 aliphatic heterocycles. The van der Waals surface area contributed by atoms with E-state index in [0.29, 0.717) is 39.6 Å². The number of ether oxygens (including phenoxy) is 3. The molecule has 0 amide bonds. The summed E-state index contributed by atoms with van der Waals surface area (Å²) in [6, 6.07) is 9.63. The van der Waals surface area contributed by atoms with Crippen LogP contribution in [-0.2, 0) is 45.3 Å². The molecule has 0 saturated carbocycles. The monoisotopic (exact) mass is 922 g/mol. The highest BCUT2D eigenvalue weighted by Gasteiger charge is 2.45. The van der Waals surface area contributed by atoms with Crippen LogP contribution in [0.3, 0.4) is 0 Å². The highest BCUT2D eigenvalue weighted by Crippen LogP contribution is 2.48. The Labute approximate surface area is 383 Å². The fourth-order valence-electron chi connectivity index (χ4n) is 8.64. The van der Waals surface area contributed by atoms with Crippen molar-refractivity contribution in [3.63, 3.8) is 0 Å². The number of likely N-dealkylation sites (N-methyl/N-ethyl adjacent to an activating group) is 1. The topological polar surface area (TPSA) is 155 Å². The van der Waals surface area contributed by atoms with Gasteiger partial charge in [0.25, 0.3) is 20.2 Å². The summed E-state index contributed by atoms with van der Waals surface area (Å²) in [5.41, 5.74) is 8.23. The first-order valence-electron chi connectivity index (χ1n) is 22.6. The van der Waals surface area contributed by atoms with Crippen molar-refractivity contribution in [3.8, 4) is 0 Å². The highest BCUT2D eigenvalue weighted by molar-refractivity contribution is 7.86. The summed E-state index contributed by atoms with van der Waals surface area (Å²) in [6.07, 6.45) is 18.4. The van der Waals surface area contributed by atoms with Gasteiger partial charge in [0.2, 0.25) is 5.69 Å². The molecule has 14 heteroatoms. The lowest BCUT2D eigenvalue weighted by Crippen LogP contribution is -2.28. The standard InChI is InChI=1S/C50H71N3O9S2/c1-37(51-26-29-61-31-33-62-32-30-60-28-25-48(2,3)4)14-11-10-12-27-53-45-22-20-41(64(57,58)59)36-43(45)50(7,8)47(53)24-18-39-16-13-15-38(34-39)17-23-46-49(5,6)42-35-40(63(54,55)56)19-21-44(42)52(46)9/h17-24,34-36,51H,1,10-16,25-33H2,2-9H3,(H-,54,55,56,57,58,59)/p+1. The molecule has 5 rings (SSSR count). The van der Waals surface area contributed by atoms with E-state index in [1.807, 2.05) is 13.1 Å². The molecule has 0 spiro atoms. The number of hydrogen-bond donors (Lipinski definition) is 3. The molecule has 0 fully saturated rings. The summed E-state index contributed by atoms with van der Waals surface area (Å²) in [4.78, 5) is 1.85. The largest absolute Gasteiger partial charge is 0.387 e. The molecule has 3 N–H and O–H groups in total. The first kappa shape index (κ1) is 51.1. The van der Waals surface area contributed by atoms with Gasteiger partial charge in [-0.05, 0) is 117 Å². The van der Waals surface area contributed by atoms with Crippen LogP contribution in [0.15, 0.2) is 106 Å². The Kier molecular flexibility index (Phi) is 17.3. The average molecular weight is 923 g/mol. The van der Waals surface area contributed by atoms with Gasteiger partial charge in [0.15, 0.2) is 5.71 Å². The van der Waals surface area contributed by atoms with Crippen molar-refractivity contribution in [1.29, 1.82) is 0 Å². The third-order valence-electron chi connectivity index (χ3n) is 12.4.